The number of ether oxygens (including phenoxy) is 2. The Hall–Kier alpha value is -3.07. The maximum absolute atomic E-state index is 13.3. The summed E-state index contributed by atoms with van der Waals surface area (Å²) in [5.74, 6) is 1.48. The molecule has 2 aromatic carbocycles. The van der Waals surface area contributed by atoms with Gasteiger partial charge in [0.1, 0.15) is 17.3 Å². The second-order valence-electron chi connectivity index (χ2n) is 7.09. The SMILES string of the molecule is COc1cccc(OC(C)c2nnc(SCC(=O)Nc3cccc(F)c3)n2C(C)C)c1. The summed E-state index contributed by atoms with van der Waals surface area (Å²) in [7, 11) is 1.60. The van der Waals surface area contributed by atoms with Crippen molar-refractivity contribution in [3.63, 3.8) is 0 Å². The second kappa shape index (κ2) is 10.3. The molecule has 164 valence electrons. The van der Waals surface area contributed by atoms with Crippen LogP contribution in [0.15, 0.2) is 53.7 Å². The smallest absolute Gasteiger partial charge is 0.234 e. The van der Waals surface area contributed by atoms with Crippen molar-refractivity contribution in [2.75, 3.05) is 18.2 Å². The molecule has 0 bridgehead atoms. The third kappa shape index (κ3) is 5.97. The highest BCUT2D eigenvalue weighted by molar-refractivity contribution is 7.99. The molecule has 0 saturated heterocycles. The van der Waals surface area contributed by atoms with Gasteiger partial charge in [-0.2, -0.15) is 0 Å². The van der Waals surface area contributed by atoms with Crippen molar-refractivity contribution in [1.82, 2.24) is 14.8 Å². The number of hydrogen-bond donors (Lipinski definition) is 1. The van der Waals surface area contributed by atoms with Gasteiger partial charge in [-0.1, -0.05) is 23.9 Å². The normalized spacial score (nSPS) is 11.9. The molecule has 0 fully saturated rings. The average molecular weight is 445 g/mol. The van der Waals surface area contributed by atoms with Crippen molar-refractivity contribution in [3.05, 3.63) is 60.2 Å². The first-order valence-electron chi connectivity index (χ1n) is 9.81. The predicted molar refractivity (Wildman–Crippen MR) is 118 cm³/mol. The molecule has 0 aliphatic heterocycles. The summed E-state index contributed by atoms with van der Waals surface area (Å²) in [5, 5.41) is 11.9. The number of rotatable bonds is 9. The summed E-state index contributed by atoms with van der Waals surface area (Å²) >= 11 is 1.27. The molecule has 1 N–H and O–H groups in total. The predicted octanol–water partition coefficient (Wildman–Crippen LogP) is 4.88. The molecule has 1 heterocycles. The molecule has 3 aromatic rings. The number of nitrogens with zero attached hydrogens (tertiary/aromatic N) is 3. The molecule has 0 spiro atoms. The van der Waals surface area contributed by atoms with Crippen LogP contribution in [-0.2, 0) is 4.79 Å². The number of halogens is 1. The van der Waals surface area contributed by atoms with Gasteiger partial charge in [-0.15, -0.1) is 10.2 Å². The molecule has 0 aliphatic rings. The molecule has 0 aliphatic carbocycles. The van der Waals surface area contributed by atoms with E-state index in [4.69, 9.17) is 9.47 Å². The van der Waals surface area contributed by atoms with Gasteiger partial charge in [-0.25, -0.2) is 4.39 Å². The van der Waals surface area contributed by atoms with E-state index < -0.39 is 5.82 Å². The Labute approximate surface area is 185 Å². The maximum Gasteiger partial charge on any atom is 0.234 e. The minimum absolute atomic E-state index is 0.0649. The zero-order chi connectivity index (χ0) is 22.4. The Balaban J connectivity index is 1.68. The molecule has 7 nitrogen and oxygen atoms in total. The maximum atomic E-state index is 13.3. The number of amides is 1. The van der Waals surface area contributed by atoms with E-state index in [0.29, 0.717) is 28.2 Å². The van der Waals surface area contributed by atoms with E-state index in [1.165, 1.54) is 23.9 Å². The molecule has 1 atom stereocenters. The third-order valence-electron chi connectivity index (χ3n) is 4.37. The van der Waals surface area contributed by atoms with E-state index >= 15 is 0 Å². The van der Waals surface area contributed by atoms with Gasteiger partial charge in [0.25, 0.3) is 0 Å². The summed E-state index contributed by atoms with van der Waals surface area (Å²) in [4.78, 5) is 12.3. The fourth-order valence-electron chi connectivity index (χ4n) is 2.97. The molecule has 1 amide bonds. The van der Waals surface area contributed by atoms with Crippen molar-refractivity contribution in [2.24, 2.45) is 0 Å². The number of carbonyl (C=O) groups excluding carboxylic acids is 1. The van der Waals surface area contributed by atoms with Crippen molar-refractivity contribution in [3.8, 4) is 11.5 Å². The van der Waals surface area contributed by atoms with Gasteiger partial charge < -0.3 is 19.4 Å². The monoisotopic (exact) mass is 444 g/mol. The molecule has 0 saturated carbocycles. The lowest BCUT2D eigenvalue weighted by atomic mass is 10.3. The Bertz CT molecular complexity index is 1040. The van der Waals surface area contributed by atoms with Gasteiger partial charge in [0.2, 0.25) is 5.91 Å². The highest BCUT2D eigenvalue weighted by atomic mass is 32.2. The van der Waals surface area contributed by atoms with Crippen molar-refractivity contribution in [1.29, 1.82) is 0 Å². The topological polar surface area (TPSA) is 78.3 Å². The van der Waals surface area contributed by atoms with Crippen molar-refractivity contribution < 1.29 is 18.7 Å². The van der Waals surface area contributed by atoms with Gasteiger partial charge >= 0.3 is 0 Å². The van der Waals surface area contributed by atoms with Crippen LogP contribution in [-0.4, -0.2) is 33.5 Å². The number of carbonyl (C=O) groups is 1. The largest absolute Gasteiger partial charge is 0.497 e. The summed E-state index contributed by atoms with van der Waals surface area (Å²) < 4.78 is 26.5. The lowest BCUT2D eigenvalue weighted by molar-refractivity contribution is -0.113. The summed E-state index contributed by atoms with van der Waals surface area (Å²) in [6, 6.07) is 13.2. The lowest BCUT2D eigenvalue weighted by Gasteiger charge is -2.19. The Morgan fingerprint density at radius 2 is 1.87 bits per heavy atom. The molecule has 0 radical (unpaired) electrons. The first-order valence-corrected chi connectivity index (χ1v) is 10.8. The minimum Gasteiger partial charge on any atom is -0.497 e. The van der Waals surface area contributed by atoms with E-state index in [-0.39, 0.29) is 23.8 Å². The highest BCUT2D eigenvalue weighted by Crippen LogP contribution is 2.29. The number of thioether (sulfide) groups is 1. The first kappa shape index (κ1) is 22.6. The number of anilines is 1. The molecule has 3 rings (SSSR count). The van der Waals surface area contributed by atoms with Crippen LogP contribution in [0.2, 0.25) is 0 Å². The van der Waals surface area contributed by atoms with E-state index in [1.54, 1.807) is 25.3 Å². The Morgan fingerprint density at radius 1 is 1.13 bits per heavy atom. The van der Waals surface area contributed by atoms with Crippen LogP contribution in [0.1, 0.15) is 38.7 Å². The zero-order valence-electron chi connectivity index (χ0n) is 17.8. The van der Waals surface area contributed by atoms with Gasteiger partial charge in [-0.3, -0.25) is 4.79 Å². The average Bonchev–Trinajstić information content (AvgIpc) is 3.17. The molecular weight excluding hydrogens is 419 g/mol. The van der Waals surface area contributed by atoms with Crippen LogP contribution in [0.25, 0.3) is 0 Å². The second-order valence-corrected chi connectivity index (χ2v) is 8.03. The quantitative estimate of drug-likeness (QED) is 0.474. The van der Waals surface area contributed by atoms with Crippen LogP contribution >= 0.6 is 11.8 Å². The van der Waals surface area contributed by atoms with Crippen molar-refractivity contribution in [2.45, 2.75) is 38.1 Å². The van der Waals surface area contributed by atoms with Gasteiger partial charge in [0.05, 0.1) is 12.9 Å². The lowest BCUT2D eigenvalue weighted by Crippen LogP contribution is -2.16. The first-order chi connectivity index (χ1) is 14.9. The fraction of sp³-hybridized carbons (Fsp3) is 0.318. The number of methoxy groups -OCH3 is 1. The van der Waals surface area contributed by atoms with Crippen LogP contribution in [0, 0.1) is 5.82 Å². The van der Waals surface area contributed by atoms with Gasteiger partial charge in [0.15, 0.2) is 17.1 Å². The van der Waals surface area contributed by atoms with Crippen LogP contribution in [0.4, 0.5) is 10.1 Å². The van der Waals surface area contributed by atoms with Crippen LogP contribution in [0.3, 0.4) is 0 Å². The Morgan fingerprint density at radius 3 is 2.58 bits per heavy atom. The van der Waals surface area contributed by atoms with Crippen molar-refractivity contribution >= 4 is 23.4 Å². The highest BCUT2D eigenvalue weighted by Gasteiger charge is 2.22. The van der Waals surface area contributed by atoms with Crippen LogP contribution < -0.4 is 14.8 Å². The number of benzene rings is 2. The molecule has 1 aromatic heterocycles. The third-order valence-corrected chi connectivity index (χ3v) is 5.31. The van der Waals surface area contributed by atoms with Gasteiger partial charge in [-0.05, 0) is 51.1 Å². The molecular formula is C22H25FN4O3S. The van der Waals surface area contributed by atoms with Crippen LogP contribution in [0.5, 0.6) is 11.5 Å². The van der Waals surface area contributed by atoms with E-state index in [0.717, 1.165) is 0 Å². The molecule has 1 unspecified atom stereocenters. The number of hydrogen-bond acceptors (Lipinski definition) is 6. The minimum atomic E-state index is -0.403. The Kier molecular flexibility index (Phi) is 7.51. The van der Waals surface area contributed by atoms with E-state index in [1.807, 2.05) is 43.5 Å². The van der Waals surface area contributed by atoms with Gasteiger partial charge in [0, 0.05) is 17.8 Å². The molecule has 9 heteroatoms. The molecule has 31 heavy (non-hydrogen) atoms. The fourth-order valence-corrected chi connectivity index (χ4v) is 3.85. The standard InChI is InChI=1S/C22H25FN4O3S/c1-14(2)27-21(15(3)30-19-10-6-9-18(12-19)29-4)25-26-22(27)31-13-20(28)24-17-8-5-7-16(23)11-17/h5-12,14-15H,13H2,1-4H3,(H,24,28). The van der Waals surface area contributed by atoms with E-state index in [2.05, 4.69) is 15.5 Å². The zero-order valence-corrected chi connectivity index (χ0v) is 18.6. The summed E-state index contributed by atoms with van der Waals surface area (Å²) in [5.41, 5.74) is 0.414. The number of aromatic nitrogens is 3. The number of nitrogens with one attached hydrogen (secondary N) is 1. The summed E-state index contributed by atoms with van der Waals surface area (Å²) in [6.45, 7) is 5.93. The summed E-state index contributed by atoms with van der Waals surface area (Å²) in [6.07, 6.45) is -0.363. The van der Waals surface area contributed by atoms with E-state index in [9.17, 15) is 9.18 Å².